The molecule has 78 valence electrons. The number of halogens is 3. The molecule has 0 amide bonds. The summed E-state index contributed by atoms with van der Waals surface area (Å²) in [6.07, 6.45) is 0.321. The lowest BCUT2D eigenvalue weighted by Gasteiger charge is -2.11. The quantitative estimate of drug-likeness (QED) is 0.732. The Bertz CT molecular complexity index is 328. The summed E-state index contributed by atoms with van der Waals surface area (Å²) in [4.78, 5) is 0. The predicted octanol–water partition coefficient (Wildman–Crippen LogP) is 1.45. The van der Waals surface area contributed by atoms with Gasteiger partial charge in [0.25, 0.3) is 0 Å². The summed E-state index contributed by atoms with van der Waals surface area (Å²) in [5.74, 6) is -3.16. The van der Waals surface area contributed by atoms with Crippen molar-refractivity contribution in [2.45, 2.75) is 12.5 Å². The van der Waals surface area contributed by atoms with E-state index in [9.17, 15) is 13.2 Å². The maximum Gasteiger partial charge on any atom is 0.161 e. The van der Waals surface area contributed by atoms with Crippen molar-refractivity contribution in [3.05, 3.63) is 35.1 Å². The van der Waals surface area contributed by atoms with Crippen LogP contribution in [0, 0.1) is 17.5 Å². The predicted molar refractivity (Wildman–Crippen MR) is 46.9 cm³/mol. The first-order valence-corrected chi connectivity index (χ1v) is 4.16. The van der Waals surface area contributed by atoms with Gasteiger partial charge in [-0.3, -0.25) is 0 Å². The van der Waals surface area contributed by atoms with Crippen molar-refractivity contribution in [3.63, 3.8) is 0 Å². The first-order chi connectivity index (χ1) is 6.56. The monoisotopic (exact) mass is 204 g/mol. The van der Waals surface area contributed by atoms with E-state index in [0.29, 0.717) is 12.5 Å². The van der Waals surface area contributed by atoms with Gasteiger partial charge in [0.05, 0.1) is 0 Å². The van der Waals surface area contributed by atoms with Crippen LogP contribution in [0.4, 0.5) is 13.2 Å². The Hall–Kier alpha value is -1.07. The van der Waals surface area contributed by atoms with Crippen molar-refractivity contribution in [3.8, 4) is 0 Å². The molecule has 0 aliphatic rings. The highest BCUT2D eigenvalue weighted by atomic mass is 19.2. The van der Waals surface area contributed by atoms with E-state index in [0.717, 1.165) is 6.07 Å². The summed E-state index contributed by atoms with van der Waals surface area (Å²) < 4.78 is 38.3. The molecule has 0 heterocycles. The van der Waals surface area contributed by atoms with Gasteiger partial charge < -0.3 is 11.5 Å². The molecule has 1 atom stereocenters. The average molecular weight is 204 g/mol. The van der Waals surface area contributed by atoms with Crippen LogP contribution in [0.5, 0.6) is 0 Å². The normalized spacial score (nSPS) is 12.9. The molecule has 0 fully saturated rings. The van der Waals surface area contributed by atoms with Crippen molar-refractivity contribution >= 4 is 0 Å². The maximum absolute atomic E-state index is 13.1. The van der Waals surface area contributed by atoms with Crippen molar-refractivity contribution in [2.75, 3.05) is 6.54 Å². The van der Waals surface area contributed by atoms with Gasteiger partial charge >= 0.3 is 0 Å². The lowest BCUT2D eigenvalue weighted by atomic mass is 10.0. The highest BCUT2D eigenvalue weighted by Crippen LogP contribution is 2.20. The topological polar surface area (TPSA) is 52.0 Å². The summed E-state index contributed by atoms with van der Waals surface area (Å²) >= 11 is 0. The molecule has 0 bridgehead atoms. The van der Waals surface area contributed by atoms with Gasteiger partial charge in [0.1, 0.15) is 5.82 Å². The second-order valence-electron chi connectivity index (χ2n) is 2.97. The molecule has 0 saturated carbocycles. The van der Waals surface area contributed by atoms with E-state index in [4.69, 9.17) is 11.5 Å². The number of rotatable bonds is 3. The van der Waals surface area contributed by atoms with Crippen molar-refractivity contribution in [1.82, 2.24) is 0 Å². The van der Waals surface area contributed by atoms with Crippen molar-refractivity contribution in [2.24, 2.45) is 11.5 Å². The van der Waals surface area contributed by atoms with E-state index >= 15 is 0 Å². The Morgan fingerprint density at radius 3 is 2.21 bits per heavy atom. The minimum Gasteiger partial charge on any atom is -0.330 e. The van der Waals surface area contributed by atoms with Gasteiger partial charge in [-0.1, -0.05) is 0 Å². The average Bonchev–Trinajstić information content (AvgIpc) is 2.11. The van der Waals surface area contributed by atoms with E-state index in [-0.39, 0.29) is 12.1 Å². The molecule has 0 unspecified atom stereocenters. The molecule has 4 N–H and O–H groups in total. The smallest absolute Gasteiger partial charge is 0.161 e. The van der Waals surface area contributed by atoms with Gasteiger partial charge in [0.15, 0.2) is 11.6 Å². The zero-order valence-corrected chi connectivity index (χ0v) is 7.43. The van der Waals surface area contributed by atoms with Crippen LogP contribution in [0.25, 0.3) is 0 Å². The van der Waals surface area contributed by atoms with Crippen LogP contribution in [0.15, 0.2) is 12.1 Å². The maximum atomic E-state index is 13.1. The largest absolute Gasteiger partial charge is 0.330 e. The lowest BCUT2D eigenvalue weighted by Crippen LogP contribution is -2.17. The van der Waals surface area contributed by atoms with Crippen molar-refractivity contribution in [1.29, 1.82) is 0 Å². The summed E-state index contributed by atoms with van der Waals surface area (Å²) in [6.45, 7) is 0.263. The molecule has 1 aromatic rings. The third kappa shape index (κ3) is 2.24. The molecule has 1 aromatic carbocycles. The number of benzene rings is 1. The summed E-state index contributed by atoms with van der Waals surface area (Å²) in [5.41, 5.74) is 10.7. The van der Waals surface area contributed by atoms with Gasteiger partial charge in [-0.2, -0.15) is 0 Å². The Balaban J connectivity index is 3.02. The molecule has 14 heavy (non-hydrogen) atoms. The Kier molecular flexibility index (Phi) is 3.49. The minimum absolute atomic E-state index is 0.0469. The van der Waals surface area contributed by atoms with Gasteiger partial charge in [-0.15, -0.1) is 0 Å². The Morgan fingerprint density at radius 2 is 1.64 bits per heavy atom. The Morgan fingerprint density at radius 1 is 1.07 bits per heavy atom. The summed E-state index contributed by atoms with van der Waals surface area (Å²) in [5, 5.41) is 0. The fraction of sp³-hybridized carbons (Fsp3) is 0.333. The SMILES string of the molecule is NCC[C@@H](N)c1cc(F)c(F)cc1F. The molecule has 1 rings (SSSR count). The van der Waals surface area contributed by atoms with E-state index < -0.39 is 23.5 Å². The fourth-order valence-corrected chi connectivity index (χ4v) is 1.16. The number of nitrogens with two attached hydrogens (primary N) is 2. The van der Waals surface area contributed by atoms with Gasteiger partial charge in [-0.05, 0) is 19.0 Å². The first-order valence-electron chi connectivity index (χ1n) is 4.16. The summed E-state index contributed by atoms with van der Waals surface area (Å²) in [6, 6.07) is 0.557. The fourth-order valence-electron chi connectivity index (χ4n) is 1.16. The molecular weight excluding hydrogens is 193 g/mol. The van der Waals surface area contributed by atoms with E-state index in [1.807, 2.05) is 0 Å². The van der Waals surface area contributed by atoms with Gasteiger partial charge in [0.2, 0.25) is 0 Å². The number of hydrogen-bond acceptors (Lipinski definition) is 2. The Labute approximate surface area is 79.7 Å². The van der Waals surface area contributed by atoms with Crippen LogP contribution in [0.1, 0.15) is 18.0 Å². The standard InChI is InChI=1S/C9H11F3N2/c10-6-4-8(12)7(11)3-5(6)9(14)1-2-13/h3-4,9H,1-2,13-14H2/t9-/m1/s1. The second-order valence-corrected chi connectivity index (χ2v) is 2.97. The van der Waals surface area contributed by atoms with Gasteiger partial charge in [-0.25, -0.2) is 13.2 Å². The van der Waals surface area contributed by atoms with Crippen LogP contribution in [0.2, 0.25) is 0 Å². The molecule has 0 aromatic heterocycles. The second kappa shape index (κ2) is 4.43. The zero-order chi connectivity index (χ0) is 10.7. The van der Waals surface area contributed by atoms with Crippen LogP contribution in [-0.4, -0.2) is 6.54 Å². The molecule has 5 heteroatoms. The van der Waals surface area contributed by atoms with Crippen molar-refractivity contribution < 1.29 is 13.2 Å². The first kappa shape index (κ1) is 11.0. The lowest BCUT2D eigenvalue weighted by molar-refractivity contribution is 0.482. The third-order valence-electron chi connectivity index (χ3n) is 1.92. The van der Waals surface area contributed by atoms with Crippen LogP contribution in [0.3, 0.4) is 0 Å². The molecule has 0 spiro atoms. The van der Waals surface area contributed by atoms with E-state index in [1.165, 1.54) is 0 Å². The highest BCUT2D eigenvalue weighted by molar-refractivity contribution is 5.23. The molecule has 0 aliphatic carbocycles. The van der Waals surface area contributed by atoms with Crippen LogP contribution < -0.4 is 11.5 Å². The highest BCUT2D eigenvalue weighted by Gasteiger charge is 2.14. The van der Waals surface area contributed by atoms with Crippen LogP contribution in [-0.2, 0) is 0 Å². The molecule has 0 aliphatic heterocycles. The van der Waals surface area contributed by atoms with Crippen LogP contribution >= 0.6 is 0 Å². The third-order valence-corrected chi connectivity index (χ3v) is 1.92. The minimum atomic E-state index is -1.22. The molecule has 0 saturated heterocycles. The van der Waals surface area contributed by atoms with E-state index in [2.05, 4.69) is 0 Å². The van der Waals surface area contributed by atoms with E-state index in [1.54, 1.807) is 0 Å². The molecule has 2 nitrogen and oxygen atoms in total. The number of hydrogen-bond donors (Lipinski definition) is 2. The molecular formula is C9H11F3N2. The van der Waals surface area contributed by atoms with Gasteiger partial charge in [0, 0.05) is 17.7 Å². The summed E-state index contributed by atoms with van der Waals surface area (Å²) in [7, 11) is 0. The zero-order valence-electron chi connectivity index (χ0n) is 7.43. The molecule has 0 radical (unpaired) electrons.